The summed E-state index contributed by atoms with van der Waals surface area (Å²) < 4.78 is 30.6. The number of anilines is 1. The SMILES string of the molecule is CC1Cc2ccccc2N1CCCNS(=O)(=O)c1ccc2c(c1)sc(=O)n2C(C)C. The highest BCUT2D eigenvalue weighted by Crippen LogP contribution is 2.31. The fraction of sp³-hybridized carbons (Fsp3) is 0.409. The molecule has 1 aliphatic heterocycles. The number of para-hydroxylation sites is 1. The smallest absolute Gasteiger partial charge is 0.308 e. The van der Waals surface area contributed by atoms with Crippen molar-refractivity contribution in [3.05, 3.63) is 57.7 Å². The minimum absolute atomic E-state index is 0.0324. The van der Waals surface area contributed by atoms with Gasteiger partial charge in [-0.2, -0.15) is 0 Å². The summed E-state index contributed by atoms with van der Waals surface area (Å²) in [6, 6.07) is 13.8. The number of rotatable bonds is 7. The van der Waals surface area contributed by atoms with Crippen LogP contribution in [0.4, 0.5) is 5.69 Å². The predicted molar refractivity (Wildman–Crippen MR) is 123 cm³/mol. The van der Waals surface area contributed by atoms with Gasteiger partial charge >= 0.3 is 4.87 Å². The van der Waals surface area contributed by atoms with Crippen molar-refractivity contribution in [1.82, 2.24) is 9.29 Å². The Hall–Kier alpha value is -2.16. The molecule has 1 N–H and O–H groups in total. The van der Waals surface area contributed by atoms with Crippen molar-refractivity contribution >= 4 is 37.3 Å². The van der Waals surface area contributed by atoms with Gasteiger partial charge in [-0.05, 0) is 63.4 Å². The molecular weight excluding hydrogens is 418 g/mol. The van der Waals surface area contributed by atoms with Gasteiger partial charge in [0, 0.05) is 30.9 Å². The van der Waals surface area contributed by atoms with Crippen molar-refractivity contribution in [2.24, 2.45) is 0 Å². The molecule has 0 aliphatic carbocycles. The number of sulfonamides is 1. The highest BCUT2D eigenvalue weighted by Gasteiger charge is 2.25. The predicted octanol–water partition coefficient (Wildman–Crippen LogP) is 3.76. The molecule has 160 valence electrons. The monoisotopic (exact) mass is 445 g/mol. The molecule has 0 spiro atoms. The lowest BCUT2D eigenvalue weighted by atomic mass is 10.1. The molecule has 1 unspecified atom stereocenters. The Kier molecular flexibility index (Phi) is 5.74. The van der Waals surface area contributed by atoms with E-state index >= 15 is 0 Å². The Bertz CT molecular complexity index is 1230. The van der Waals surface area contributed by atoms with E-state index in [-0.39, 0.29) is 15.8 Å². The molecule has 0 fully saturated rings. The van der Waals surface area contributed by atoms with E-state index in [0.29, 0.717) is 17.3 Å². The van der Waals surface area contributed by atoms with Gasteiger partial charge in [-0.3, -0.25) is 9.36 Å². The van der Waals surface area contributed by atoms with Crippen LogP contribution < -0.4 is 14.5 Å². The summed E-state index contributed by atoms with van der Waals surface area (Å²) in [5.74, 6) is 0. The van der Waals surface area contributed by atoms with Crippen molar-refractivity contribution in [1.29, 1.82) is 0 Å². The van der Waals surface area contributed by atoms with Crippen LogP contribution in [0.3, 0.4) is 0 Å². The number of fused-ring (bicyclic) bond motifs is 2. The van der Waals surface area contributed by atoms with Gasteiger partial charge in [-0.25, -0.2) is 13.1 Å². The van der Waals surface area contributed by atoms with Gasteiger partial charge in [-0.15, -0.1) is 0 Å². The van der Waals surface area contributed by atoms with Gasteiger partial charge in [0.2, 0.25) is 10.0 Å². The molecule has 3 aromatic rings. The van der Waals surface area contributed by atoms with Crippen LogP contribution in [0.5, 0.6) is 0 Å². The molecule has 6 nitrogen and oxygen atoms in total. The van der Waals surface area contributed by atoms with Crippen LogP contribution in [-0.4, -0.2) is 32.1 Å². The number of aromatic nitrogens is 1. The third kappa shape index (κ3) is 3.91. The van der Waals surface area contributed by atoms with E-state index in [1.165, 1.54) is 11.3 Å². The molecule has 0 radical (unpaired) electrons. The summed E-state index contributed by atoms with van der Waals surface area (Å²) in [7, 11) is -3.62. The van der Waals surface area contributed by atoms with Crippen molar-refractivity contribution in [3.63, 3.8) is 0 Å². The molecule has 1 aliphatic rings. The molecule has 2 aromatic carbocycles. The Labute approximate surface area is 181 Å². The van der Waals surface area contributed by atoms with Crippen LogP contribution >= 0.6 is 11.3 Å². The molecule has 0 saturated heterocycles. The van der Waals surface area contributed by atoms with Crippen LogP contribution in [0.15, 0.2) is 52.2 Å². The van der Waals surface area contributed by atoms with E-state index in [1.54, 1.807) is 22.8 Å². The van der Waals surface area contributed by atoms with E-state index in [0.717, 1.165) is 36.2 Å². The van der Waals surface area contributed by atoms with Crippen LogP contribution in [0, 0.1) is 0 Å². The topological polar surface area (TPSA) is 71.4 Å². The average Bonchev–Trinajstić information content (AvgIpc) is 3.19. The average molecular weight is 446 g/mol. The highest BCUT2D eigenvalue weighted by molar-refractivity contribution is 7.89. The third-order valence-corrected chi connectivity index (χ3v) is 8.00. The number of hydrogen-bond donors (Lipinski definition) is 1. The van der Waals surface area contributed by atoms with E-state index in [2.05, 4.69) is 34.7 Å². The minimum atomic E-state index is -3.62. The fourth-order valence-electron chi connectivity index (χ4n) is 4.18. The summed E-state index contributed by atoms with van der Waals surface area (Å²) >= 11 is 1.08. The van der Waals surface area contributed by atoms with Gasteiger partial charge < -0.3 is 4.90 Å². The first-order chi connectivity index (χ1) is 14.3. The third-order valence-electron chi connectivity index (χ3n) is 5.63. The lowest BCUT2D eigenvalue weighted by molar-refractivity contribution is 0.575. The number of nitrogens with one attached hydrogen (secondary N) is 1. The van der Waals surface area contributed by atoms with Gasteiger partial charge in [0.15, 0.2) is 0 Å². The standard InChI is InChI=1S/C22H27N3O3S2/c1-15(2)25-20-10-9-18(14-21(20)29-22(25)26)30(27,28)23-11-6-12-24-16(3)13-17-7-4-5-8-19(17)24/h4-5,7-10,14-16,23H,6,11-13H2,1-3H3. The molecule has 4 rings (SSSR count). The Balaban J connectivity index is 1.42. The summed E-state index contributed by atoms with van der Waals surface area (Å²) in [5.41, 5.74) is 3.38. The zero-order valence-corrected chi connectivity index (χ0v) is 19.1. The molecule has 8 heteroatoms. The normalized spacial score (nSPS) is 16.5. The van der Waals surface area contributed by atoms with Gasteiger partial charge in [0.25, 0.3) is 0 Å². The highest BCUT2D eigenvalue weighted by atomic mass is 32.2. The molecule has 0 saturated carbocycles. The molecule has 30 heavy (non-hydrogen) atoms. The van der Waals surface area contributed by atoms with Crippen LogP contribution in [-0.2, 0) is 16.4 Å². The molecule has 0 amide bonds. The lowest BCUT2D eigenvalue weighted by Gasteiger charge is -2.24. The van der Waals surface area contributed by atoms with E-state index in [1.807, 2.05) is 19.9 Å². The lowest BCUT2D eigenvalue weighted by Crippen LogP contribution is -2.33. The zero-order valence-electron chi connectivity index (χ0n) is 17.5. The second kappa shape index (κ2) is 8.17. The quantitative estimate of drug-likeness (QED) is 0.562. The first-order valence-electron chi connectivity index (χ1n) is 10.3. The zero-order chi connectivity index (χ0) is 21.5. The maximum Gasteiger partial charge on any atom is 0.308 e. The van der Waals surface area contributed by atoms with Crippen LogP contribution in [0.2, 0.25) is 0 Å². The van der Waals surface area contributed by atoms with E-state index in [4.69, 9.17) is 0 Å². The first-order valence-corrected chi connectivity index (χ1v) is 12.6. The fourth-order valence-corrected chi connectivity index (χ4v) is 6.41. The van der Waals surface area contributed by atoms with Crippen LogP contribution in [0.25, 0.3) is 10.2 Å². The van der Waals surface area contributed by atoms with Crippen LogP contribution in [0.1, 0.15) is 38.8 Å². The minimum Gasteiger partial charge on any atom is -0.368 e. The van der Waals surface area contributed by atoms with E-state index < -0.39 is 10.0 Å². The Morgan fingerprint density at radius 1 is 1.20 bits per heavy atom. The second-order valence-corrected chi connectivity index (χ2v) is 10.8. The van der Waals surface area contributed by atoms with Crippen molar-refractivity contribution in [2.75, 3.05) is 18.0 Å². The maximum atomic E-state index is 12.8. The summed E-state index contributed by atoms with van der Waals surface area (Å²) in [4.78, 5) is 14.7. The second-order valence-electron chi connectivity index (χ2n) is 8.09. The molecule has 2 heterocycles. The Morgan fingerprint density at radius 3 is 2.73 bits per heavy atom. The Morgan fingerprint density at radius 2 is 1.97 bits per heavy atom. The first kappa shape index (κ1) is 21.1. The van der Waals surface area contributed by atoms with Crippen molar-refractivity contribution in [3.8, 4) is 0 Å². The number of hydrogen-bond acceptors (Lipinski definition) is 5. The number of thiazole rings is 1. The van der Waals surface area contributed by atoms with Gasteiger partial charge in [0.05, 0.1) is 15.1 Å². The van der Waals surface area contributed by atoms with Crippen molar-refractivity contribution < 1.29 is 8.42 Å². The van der Waals surface area contributed by atoms with Gasteiger partial charge in [0.1, 0.15) is 0 Å². The summed E-state index contributed by atoms with van der Waals surface area (Å²) in [6.07, 6.45) is 1.75. The van der Waals surface area contributed by atoms with Crippen molar-refractivity contribution in [2.45, 2.75) is 50.6 Å². The van der Waals surface area contributed by atoms with Gasteiger partial charge in [-0.1, -0.05) is 29.5 Å². The number of nitrogens with zero attached hydrogens (tertiary/aromatic N) is 2. The molecule has 1 atom stereocenters. The molecule has 1 aromatic heterocycles. The summed E-state index contributed by atoms with van der Waals surface area (Å²) in [6.45, 7) is 7.26. The largest absolute Gasteiger partial charge is 0.368 e. The maximum absolute atomic E-state index is 12.8. The number of benzene rings is 2. The summed E-state index contributed by atoms with van der Waals surface area (Å²) in [5, 5.41) is 0. The van der Waals surface area contributed by atoms with E-state index in [9.17, 15) is 13.2 Å². The molecular formula is C22H27N3O3S2. The molecule has 0 bridgehead atoms.